The lowest BCUT2D eigenvalue weighted by atomic mass is 9.42. The van der Waals surface area contributed by atoms with Gasteiger partial charge in [-0.2, -0.15) is 0 Å². The van der Waals surface area contributed by atoms with E-state index in [4.69, 9.17) is 0 Å². The average molecular weight is 354 g/mol. The Morgan fingerprint density at radius 2 is 1.39 bits per heavy atom. The molecule has 0 fully saturated rings. The standard InChI is InChI=1S/C24H16B2N2/c1-3-10-18-15(7-1)16-8-2-4-13-21(16)28-22-14-6-12-20-24(22)23-17(25-27-20)9-5-11-19(23)26(18)28/h1-14,25,27H. The van der Waals surface area contributed by atoms with Crippen molar-refractivity contribution in [3.63, 3.8) is 0 Å². The number of hydrogen-bond acceptors (Lipinski definition) is 2. The van der Waals surface area contributed by atoms with Gasteiger partial charge in [0.15, 0.2) is 0 Å². The lowest BCUT2D eigenvalue weighted by Gasteiger charge is -2.45. The molecule has 0 aliphatic carbocycles. The van der Waals surface area contributed by atoms with E-state index in [1.54, 1.807) is 0 Å². The van der Waals surface area contributed by atoms with Crippen molar-refractivity contribution in [2.24, 2.45) is 0 Å². The first kappa shape index (κ1) is 14.6. The molecular weight excluding hydrogens is 338 g/mol. The zero-order valence-corrected chi connectivity index (χ0v) is 15.3. The highest BCUT2D eigenvalue weighted by molar-refractivity contribution is 6.93. The van der Waals surface area contributed by atoms with E-state index in [9.17, 15) is 0 Å². The smallest absolute Gasteiger partial charge is 0.329 e. The highest BCUT2D eigenvalue weighted by atomic mass is 15.1. The third kappa shape index (κ3) is 1.67. The second-order valence-corrected chi connectivity index (χ2v) is 7.81. The van der Waals surface area contributed by atoms with E-state index in [1.807, 2.05) is 0 Å². The van der Waals surface area contributed by atoms with Crippen LogP contribution in [0, 0.1) is 0 Å². The highest BCUT2D eigenvalue weighted by Crippen LogP contribution is 2.48. The number of hydrogen-bond donors (Lipinski definition) is 1. The van der Waals surface area contributed by atoms with Gasteiger partial charge in [0.25, 0.3) is 7.41 Å². The molecule has 2 nitrogen and oxygen atoms in total. The first-order valence-corrected chi connectivity index (χ1v) is 9.88. The van der Waals surface area contributed by atoms with E-state index in [0.29, 0.717) is 0 Å². The Hall–Kier alpha value is -3.39. The van der Waals surface area contributed by atoms with Gasteiger partial charge in [-0.25, -0.2) is 0 Å². The number of nitrogens with one attached hydrogen (secondary N) is 1. The Morgan fingerprint density at radius 3 is 2.36 bits per heavy atom. The third-order valence-corrected chi connectivity index (χ3v) is 6.47. The predicted octanol–water partition coefficient (Wildman–Crippen LogP) is 2.99. The van der Waals surface area contributed by atoms with E-state index in [2.05, 4.69) is 95.0 Å². The van der Waals surface area contributed by atoms with Crippen LogP contribution < -0.4 is 26.4 Å². The number of fused-ring (bicyclic) bond motifs is 8. The molecule has 0 atom stereocenters. The number of benzene rings is 4. The average Bonchev–Trinajstić information content (AvgIpc) is 2.77. The maximum atomic E-state index is 3.63. The van der Waals surface area contributed by atoms with E-state index < -0.39 is 0 Å². The maximum Gasteiger partial charge on any atom is 0.329 e. The number of anilines is 3. The molecule has 0 unspecified atom stereocenters. The zero-order chi connectivity index (χ0) is 18.2. The molecule has 4 aromatic carbocycles. The maximum absolute atomic E-state index is 3.63. The summed E-state index contributed by atoms with van der Waals surface area (Å²) < 4.78 is 0. The molecule has 1 N–H and O–H groups in total. The van der Waals surface area contributed by atoms with Crippen molar-refractivity contribution in [3.8, 4) is 22.3 Å². The Morgan fingerprint density at radius 1 is 0.643 bits per heavy atom. The molecule has 0 radical (unpaired) electrons. The molecule has 128 valence electrons. The fourth-order valence-corrected chi connectivity index (χ4v) is 5.39. The quantitative estimate of drug-likeness (QED) is 0.489. The summed E-state index contributed by atoms with van der Waals surface area (Å²) in [6.45, 7) is 0.210. The summed E-state index contributed by atoms with van der Waals surface area (Å²) in [6, 6.07) is 31.2. The van der Waals surface area contributed by atoms with Crippen LogP contribution in [0.3, 0.4) is 0 Å². The van der Waals surface area contributed by atoms with Gasteiger partial charge in [0.05, 0.1) is 0 Å². The van der Waals surface area contributed by atoms with Crippen LogP contribution in [0.15, 0.2) is 84.9 Å². The number of rotatable bonds is 0. The molecule has 0 aromatic heterocycles. The summed E-state index contributed by atoms with van der Waals surface area (Å²) in [5.41, 5.74) is 13.5. The van der Waals surface area contributed by atoms with E-state index in [1.165, 1.54) is 55.7 Å². The molecule has 7 rings (SSSR count). The van der Waals surface area contributed by atoms with Crippen LogP contribution in [0.4, 0.5) is 17.1 Å². The van der Waals surface area contributed by atoms with Gasteiger partial charge in [-0.3, -0.25) is 0 Å². The minimum atomic E-state index is 0.210. The summed E-state index contributed by atoms with van der Waals surface area (Å²) in [5, 5.41) is 3.63. The Labute approximate surface area is 165 Å². The van der Waals surface area contributed by atoms with Gasteiger partial charge in [-0.15, -0.1) is 0 Å². The van der Waals surface area contributed by atoms with Crippen LogP contribution in [0.5, 0.6) is 0 Å². The van der Waals surface area contributed by atoms with Crippen molar-refractivity contribution >= 4 is 47.7 Å². The van der Waals surface area contributed by atoms with Crippen LogP contribution in [0.2, 0.25) is 0 Å². The number of para-hydroxylation sites is 1. The highest BCUT2D eigenvalue weighted by Gasteiger charge is 2.43. The summed E-state index contributed by atoms with van der Waals surface area (Å²) in [4.78, 5) is 2.55. The van der Waals surface area contributed by atoms with Crippen LogP contribution in [0.25, 0.3) is 22.3 Å². The van der Waals surface area contributed by atoms with Gasteiger partial charge in [-0.05, 0) is 40.3 Å². The minimum Gasteiger partial charge on any atom is -0.426 e. The molecule has 28 heavy (non-hydrogen) atoms. The summed E-state index contributed by atoms with van der Waals surface area (Å²) in [5.74, 6) is 0. The molecule has 0 amide bonds. The first-order valence-electron chi connectivity index (χ1n) is 9.88. The Kier molecular flexibility index (Phi) is 2.67. The third-order valence-electron chi connectivity index (χ3n) is 6.47. The summed E-state index contributed by atoms with van der Waals surface area (Å²) >= 11 is 0. The van der Waals surface area contributed by atoms with Crippen molar-refractivity contribution in [3.05, 3.63) is 84.9 Å². The second-order valence-electron chi connectivity index (χ2n) is 7.81. The molecular formula is C24H16B2N2. The molecule has 0 saturated carbocycles. The van der Waals surface area contributed by atoms with Gasteiger partial charge < -0.3 is 10.0 Å². The van der Waals surface area contributed by atoms with Crippen LogP contribution in [-0.2, 0) is 0 Å². The monoisotopic (exact) mass is 354 g/mol. The van der Waals surface area contributed by atoms with E-state index in [0.717, 1.165) is 7.41 Å². The fourth-order valence-electron chi connectivity index (χ4n) is 5.39. The fraction of sp³-hybridized carbons (Fsp3) is 0. The lowest BCUT2D eigenvalue weighted by molar-refractivity contribution is 1.35. The van der Waals surface area contributed by atoms with E-state index in [-0.39, 0.29) is 6.85 Å². The molecule has 4 aromatic rings. The number of nitrogens with zero attached hydrogens (tertiary/aromatic N) is 1. The topological polar surface area (TPSA) is 15.3 Å². The van der Waals surface area contributed by atoms with Crippen molar-refractivity contribution < 1.29 is 0 Å². The molecule has 0 saturated heterocycles. The minimum absolute atomic E-state index is 0.210. The molecule has 0 bridgehead atoms. The van der Waals surface area contributed by atoms with E-state index >= 15 is 0 Å². The van der Waals surface area contributed by atoms with Crippen molar-refractivity contribution in [2.75, 3.05) is 10.0 Å². The zero-order valence-electron chi connectivity index (χ0n) is 15.3. The lowest BCUT2D eigenvalue weighted by Crippen LogP contribution is -2.61. The largest absolute Gasteiger partial charge is 0.426 e. The van der Waals surface area contributed by atoms with Crippen LogP contribution in [-0.4, -0.2) is 14.3 Å². The molecule has 3 aliphatic rings. The van der Waals surface area contributed by atoms with Gasteiger partial charge >= 0.3 is 6.85 Å². The van der Waals surface area contributed by atoms with Crippen molar-refractivity contribution in [1.82, 2.24) is 0 Å². The van der Waals surface area contributed by atoms with Crippen LogP contribution in [0.1, 0.15) is 0 Å². The SMILES string of the molecule is B1Nc2cccc3c2-c2c1cccc2B1c2ccccc2-c2ccccc2N13. The summed E-state index contributed by atoms with van der Waals surface area (Å²) in [6.07, 6.45) is 0. The first-order chi connectivity index (χ1) is 13.9. The molecule has 4 heteroatoms. The molecule has 3 aliphatic heterocycles. The molecule has 0 spiro atoms. The summed E-state index contributed by atoms with van der Waals surface area (Å²) in [7, 11) is 0.893. The molecule has 3 heterocycles. The normalized spacial score (nSPS) is 14.1. The van der Waals surface area contributed by atoms with Crippen molar-refractivity contribution in [1.29, 1.82) is 0 Å². The van der Waals surface area contributed by atoms with Crippen molar-refractivity contribution in [2.45, 2.75) is 0 Å². The van der Waals surface area contributed by atoms with Gasteiger partial charge in [0, 0.05) is 28.2 Å². The predicted molar refractivity (Wildman–Crippen MR) is 121 cm³/mol. The van der Waals surface area contributed by atoms with Gasteiger partial charge in [0.1, 0.15) is 0 Å². The van der Waals surface area contributed by atoms with Gasteiger partial charge in [-0.1, -0.05) is 72.2 Å². The van der Waals surface area contributed by atoms with Gasteiger partial charge in [0.2, 0.25) is 0 Å². The van der Waals surface area contributed by atoms with Crippen LogP contribution >= 0.6 is 0 Å². The Balaban J connectivity index is 1.67. The Bertz CT molecular complexity index is 1200. The second kappa shape index (κ2) is 5.11.